The second-order valence-electron chi connectivity index (χ2n) is 3.84. The van der Waals surface area contributed by atoms with Crippen molar-refractivity contribution in [2.24, 2.45) is 5.73 Å². The Kier molecular flexibility index (Phi) is 4.25. The van der Waals surface area contributed by atoms with Crippen LogP contribution in [0.2, 0.25) is 0 Å². The number of rotatable bonds is 4. The van der Waals surface area contributed by atoms with Crippen molar-refractivity contribution in [3.8, 4) is 0 Å². The van der Waals surface area contributed by atoms with Crippen LogP contribution in [0.4, 0.5) is 0 Å². The van der Waals surface area contributed by atoms with Crippen LogP contribution in [0.15, 0.2) is 29.2 Å². The summed E-state index contributed by atoms with van der Waals surface area (Å²) in [5.74, 6) is -0.239. The molecule has 3 N–H and O–H groups in total. The number of carbonyl (C=O) groups excluding carboxylic acids is 1. The van der Waals surface area contributed by atoms with Crippen LogP contribution in [-0.4, -0.2) is 33.7 Å². The molecule has 0 radical (unpaired) electrons. The highest BCUT2D eigenvalue weighted by molar-refractivity contribution is 7.90. The fourth-order valence-electron chi connectivity index (χ4n) is 1.40. The third-order valence-corrected chi connectivity index (χ3v) is 3.52. The van der Waals surface area contributed by atoms with Gasteiger partial charge in [0.25, 0.3) is 0 Å². The Morgan fingerprint density at radius 3 is 2.29 bits per heavy atom. The van der Waals surface area contributed by atoms with Crippen molar-refractivity contribution in [1.82, 2.24) is 5.32 Å². The molecule has 0 bridgehead atoms. The van der Waals surface area contributed by atoms with E-state index in [0.29, 0.717) is 6.42 Å². The smallest absolute Gasteiger partial charge is 0.237 e. The topological polar surface area (TPSA) is 89.3 Å². The van der Waals surface area contributed by atoms with Gasteiger partial charge in [-0.15, -0.1) is 0 Å². The van der Waals surface area contributed by atoms with Crippen molar-refractivity contribution < 1.29 is 13.2 Å². The second kappa shape index (κ2) is 5.29. The van der Waals surface area contributed by atoms with Crippen LogP contribution >= 0.6 is 0 Å². The SMILES string of the molecule is CNC(=O)C(N)Cc1ccc(S(C)(=O)=O)cc1. The highest BCUT2D eigenvalue weighted by Gasteiger charge is 2.13. The molecule has 0 heterocycles. The zero-order valence-electron chi connectivity index (χ0n) is 9.80. The maximum atomic E-state index is 11.2. The molecule has 0 aliphatic heterocycles. The third kappa shape index (κ3) is 3.83. The van der Waals surface area contributed by atoms with Gasteiger partial charge in [-0.05, 0) is 24.1 Å². The maximum absolute atomic E-state index is 11.2. The van der Waals surface area contributed by atoms with Crippen LogP contribution < -0.4 is 11.1 Å². The summed E-state index contributed by atoms with van der Waals surface area (Å²) < 4.78 is 22.5. The monoisotopic (exact) mass is 256 g/mol. The molecule has 1 aromatic rings. The molecule has 5 nitrogen and oxygen atoms in total. The molecule has 0 aliphatic rings. The van der Waals surface area contributed by atoms with Gasteiger partial charge >= 0.3 is 0 Å². The van der Waals surface area contributed by atoms with E-state index in [1.54, 1.807) is 12.1 Å². The average Bonchev–Trinajstić information content (AvgIpc) is 2.27. The quantitative estimate of drug-likeness (QED) is 0.774. The molecule has 0 saturated carbocycles. The molecule has 1 atom stereocenters. The number of amides is 1. The number of hydrogen-bond donors (Lipinski definition) is 2. The van der Waals surface area contributed by atoms with Crippen molar-refractivity contribution in [3.05, 3.63) is 29.8 Å². The Bertz CT molecular complexity index is 494. The Balaban J connectivity index is 2.79. The Morgan fingerprint density at radius 1 is 1.35 bits per heavy atom. The lowest BCUT2D eigenvalue weighted by Crippen LogP contribution is -2.40. The van der Waals surface area contributed by atoms with Crippen LogP contribution in [0.1, 0.15) is 5.56 Å². The number of benzene rings is 1. The number of hydrogen-bond acceptors (Lipinski definition) is 4. The molecule has 94 valence electrons. The van der Waals surface area contributed by atoms with Crippen LogP contribution in [0.25, 0.3) is 0 Å². The molecule has 6 heteroatoms. The van der Waals surface area contributed by atoms with E-state index in [0.717, 1.165) is 11.8 Å². The largest absolute Gasteiger partial charge is 0.358 e. The van der Waals surface area contributed by atoms with E-state index in [1.807, 2.05) is 0 Å². The van der Waals surface area contributed by atoms with Crippen LogP contribution in [-0.2, 0) is 21.1 Å². The first-order valence-electron chi connectivity index (χ1n) is 5.11. The molecule has 1 rings (SSSR count). The van der Waals surface area contributed by atoms with Crippen LogP contribution in [0, 0.1) is 0 Å². The number of carbonyl (C=O) groups is 1. The molecule has 0 aromatic heterocycles. The summed E-state index contributed by atoms with van der Waals surface area (Å²) in [5.41, 5.74) is 6.48. The fraction of sp³-hybridized carbons (Fsp3) is 0.364. The molecule has 0 fully saturated rings. The summed E-state index contributed by atoms with van der Waals surface area (Å²) in [5, 5.41) is 2.46. The molecular weight excluding hydrogens is 240 g/mol. The lowest BCUT2D eigenvalue weighted by atomic mass is 10.1. The Labute approximate surface area is 101 Å². The minimum atomic E-state index is -3.18. The van der Waals surface area contributed by atoms with E-state index >= 15 is 0 Å². The summed E-state index contributed by atoms with van der Waals surface area (Å²) in [6.07, 6.45) is 1.53. The fourth-order valence-corrected chi connectivity index (χ4v) is 2.04. The maximum Gasteiger partial charge on any atom is 0.237 e. The molecule has 1 amide bonds. The molecule has 1 aromatic carbocycles. The Hall–Kier alpha value is -1.40. The summed E-state index contributed by atoms with van der Waals surface area (Å²) in [7, 11) is -1.66. The molecule has 1 unspecified atom stereocenters. The van der Waals surface area contributed by atoms with E-state index in [1.165, 1.54) is 19.2 Å². The summed E-state index contributed by atoms with van der Waals surface area (Å²) in [6, 6.07) is 5.74. The predicted molar refractivity (Wildman–Crippen MR) is 65.3 cm³/mol. The van der Waals surface area contributed by atoms with Gasteiger partial charge in [0.15, 0.2) is 9.84 Å². The van der Waals surface area contributed by atoms with Gasteiger partial charge in [0, 0.05) is 13.3 Å². The first-order chi connectivity index (χ1) is 7.84. The highest BCUT2D eigenvalue weighted by atomic mass is 32.2. The second-order valence-corrected chi connectivity index (χ2v) is 5.86. The molecule has 17 heavy (non-hydrogen) atoms. The number of likely N-dealkylation sites (N-methyl/N-ethyl adjacent to an activating group) is 1. The summed E-state index contributed by atoms with van der Waals surface area (Å²) in [6.45, 7) is 0. The standard InChI is InChI=1S/C11H16N2O3S/c1-13-11(14)10(12)7-8-3-5-9(6-4-8)17(2,15)16/h3-6,10H,7,12H2,1-2H3,(H,13,14). The van der Waals surface area contributed by atoms with Crippen molar-refractivity contribution in [1.29, 1.82) is 0 Å². The van der Waals surface area contributed by atoms with E-state index < -0.39 is 15.9 Å². The van der Waals surface area contributed by atoms with Gasteiger partial charge in [0.2, 0.25) is 5.91 Å². The van der Waals surface area contributed by atoms with Crippen molar-refractivity contribution in [2.45, 2.75) is 17.4 Å². The lowest BCUT2D eigenvalue weighted by molar-refractivity contribution is -0.121. The number of sulfone groups is 1. The minimum absolute atomic E-state index is 0.239. The zero-order valence-corrected chi connectivity index (χ0v) is 10.6. The van der Waals surface area contributed by atoms with Crippen molar-refractivity contribution in [2.75, 3.05) is 13.3 Å². The lowest BCUT2D eigenvalue weighted by Gasteiger charge is -2.10. The van der Waals surface area contributed by atoms with E-state index in [2.05, 4.69) is 5.32 Å². The van der Waals surface area contributed by atoms with Gasteiger partial charge in [-0.3, -0.25) is 4.79 Å². The third-order valence-electron chi connectivity index (χ3n) is 2.39. The van der Waals surface area contributed by atoms with Crippen LogP contribution in [0.3, 0.4) is 0 Å². The first kappa shape index (κ1) is 13.7. The predicted octanol–water partition coefficient (Wildman–Crippen LogP) is -0.294. The highest BCUT2D eigenvalue weighted by Crippen LogP contribution is 2.11. The van der Waals surface area contributed by atoms with Crippen molar-refractivity contribution in [3.63, 3.8) is 0 Å². The molecule has 0 saturated heterocycles. The molecular formula is C11H16N2O3S. The van der Waals surface area contributed by atoms with Gasteiger partial charge in [-0.25, -0.2) is 8.42 Å². The van der Waals surface area contributed by atoms with E-state index in [4.69, 9.17) is 5.73 Å². The van der Waals surface area contributed by atoms with Crippen LogP contribution in [0.5, 0.6) is 0 Å². The van der Waals surface area contributed by atoms with Gasteiger partial charge in [0.05, 0.1) is 10.9 Å². The number of nitrogens with one attached hydrogen (secondary N) is 1. The first-order valence-corrected chi connectivity index (χ1v) is 7.00. The average molecular weight is 256 g/mol. The van der Waals surface area contributed by atoms with Gasteiger partial charge in [0.1, 0.15) is 0 Å². The van der Waals surface area contributed by atoms with Gasteiger partial charge in [-0.2, -0.15) is 0 Å². The zero-order chi connectivity index (χ0) is 13.1. The van der Waals surface area contributed by atoms with E-state index in [-0.39, 0.29) is 10.8 Å². The minimum Gasteiger partial charge on any atom is -0.358 e. The van der Waals surface area contributed by atoms with Gasteiger partial charge in [-0.1, -0.05) is 12.1 Å². The van der Waals surface area contributed by atoms with E-state index in [9.17, 15) is 13.2 Å². The summed E-state index contributed by atoms with van der Waals surface area (Å²) in [4.78, 5) is 11.5. The van der Waals surface area contributed by atoms with Crippen molar-refractivity contribution >= 4 is 15.7 Å². The molecule has 0 aliphatic carbocycles. The summed E-state index contributed by atoms with van der Waals surface area (Å²) >= 11 is 0. The van der Waals surface area contributed by atoms with Gasteiger partial charge < -0.3 is 11.1 Å². The number of nitrogens with two attached hydrogens (primary N) is 1. The molecule has 0 spiro atoms. The normalized spacial score (nSPS) is 13.1. The Morgan fingerprint density at radius 2 is 1.88 bits per heavy atom.